The Hall–Kier alpha value is -0.570. The monoisotopic (exact) mass is 231 g/mol. The van der Waals surface area contributed by atoms with Crippen molar-refractivity contribution in [2.24, 2.45) is 5.41 Å². The minimum Gasteiger partial charge on any atom is -0.355 e. The molecule has 0 bridgehead atoms. The van der Waals surface area contributed by atoms with Crippen LogP contribution in [0.2, 0.25) is 0 Å². The summed E-state index contributed by atoms with van der Waals surface area (Å²) in [6.45, 7) is 1.93. The number of halogens is 1. The number of hydrogen-bond acceptors (Lipinski definition) is 2. The summed E-state index contributed by atoms with van der Waals surface area (Å²) in [7, 11) is 0. The second-order valence-electron chi connectivity index (χ2n) is 4.31. The minimum absolute atomic E-state index is 0.0551. The summed E-state index contributed by atoms with van der Waals surface area (Å²) in [6, 6.07) is 0. The van der Waals surface area contributed by atoms with Crippen LogP contribution in [0.3, 0.4) is 0 Å². The Morgan fingerprint density at radius 2 is 1.87 bits per heavy atom. The maximum atomic E-state index is 11.8. The third-order valence-corrected chi connectivity index (χ3v) is 3.44. The van der Waals surface area contributed by atoms with Crippen molar-refractivity contribution in [2.45, 2.75) is 39.0 Å². The number of amides is 1. The Kier molecular flexibility index (Phi) is 4.58. The lowest BCUT2D eigenvalue weighted by molar-refractivity contribution is -0.128. The smallest absolute Gasteiger partial charge is 0.216 e. The zero-order valence-corrected chi connectivity index (χ0v) is 9.90. The molecule has 15 heavy (non-hydrogen) atoms. The normalized spacial score (nSPS) is 19.6. The molecule has 1 aliphatic carbocycles. The molecule has 4 heteroatoms. The molecule has 86 valence electrons. The van der Waals surface area contributed by atoms with E-state index in [1.54, 1.807) is 0 Å². The van der Waals surface area contributed by atoms with Gasteiger partial charge in [-0.15, -0.1) is 11.6 Å². The molecule has 1 rings (SSSR count). The summed E-state index contributed by atoms with van der Waals surface area (Å²) in [5.74, 6) is 0.0551. The first kappa shape index (κ1) is 12.5. The van der Waals surface area contributed by atoms with Gasteiger partial charge in [0.25, 0.3) is 0 Å². The van der Waals surface area contributed by atoms with E-state index in [1.807, 2.05) is 0 Å². The van der Waals surface area contributed by atoms with Gasteiger partial charge in [0.05, 0.1) is 5.88 Å². The summed E-state index contributed by atoms with van der Waals surface area (Å²) >= 11 is 5.63. The molecule has 0 spiro atoms. The molecule has 0 aliphatic heterocycles. The molecular weight excluding hydrogens is 214 g/mol. The lowest BCUT2D eigenvalue weighted by atomic mass is 9.71. The number of ketones is 1. The van der Waals surface area contributed by atoms with E-state index < -0.39 is 0 Å². The van der Waals surface area contributed by atoms with Gasteiger partial charge in [0.2, 0.25) is 5.91 Å². The highest BCUT2D eigenvalue weighted by Gasteiger charge is 2.38. The zero-order valence-electron chi connectivity index (χ0n) is 9.14. The fourth-order valence-corrected chi connectivity index (χ4v) is 2.50. The number of rotatable bonds is 4. The van der Waals surface area contributed by atoms with Crippen LogP contribution in [0.15, 0.2) is 0 Å². The number of nitrogens with one attached hydrogen (secondary N) is 1. The molecule has 1 saturated carbocycles. The van der Waals surface area contributed by atoms with E-state index in [0.29, 0.717) is 6.54 Å². The molecule has 0 unspecified atom stereocenters. The number of alkyl halides is 1. The lowest BCUT2D eigenvalue weighted by Gasteiger charge is -2.35. The van der Waals surface area contributed by atoms with E-state index >= 15 is 0 Å². The maximum Gasteiger partial charge on any atom is 0.216 e. The molecule has 0 aromatic rings. The average Bonchev–Trinajstić information content (AvgIpc) is 2.26. The molecule has 0 radical (unpaired) electrons. The molecule has 0 atom stereocenters. The highest BCUT2D eigenvalue weighted by atomic mass is 35.5. The van der Waals surface area contributed by atoms with Gasteiger partial charge >= 0.3 is 0 Å². The van der Waals surface area contributed by atoms with Crippen molar-refractivity contribution >= 4 is 23.3 Å². The van der Waals surface area contributed by atoms with Crippen LogP contribution >= 0.6 is 11.6 Å². The fraction of sp³-hybridized carbons (Fsp3) is 0.818. The molecule has 1 fully saturated rings. The molecule has 0 heterocycles. The Morgan fingerprint density at radius 3 is 2.33 bits per heavy atom. The van der Waals surface area contributed by atoms with Crippen molar-refractivity contribution in [3.05, 3.63) is 0 Å². The average molecular weight is 232 g/mol. The van der Waals surface area contributed by atoms with Gasteiger partial charge in [0.15, 0.2) is 5.78 Å². The third-order valence-electron chi connectivity index (χ3n) is 3.20. The van der Waals surface area contributed by atoms with Gasteiger partial charge in [0.1, 0.15) is 0 Å². The van der Waals surface area contributed by atoms with Gasteiger partial charge < -0.3 is 5.32 Å². The van der Waals surface area contributed by atoms with E-state index in [1.165, 1.54) is 13.3 Å². The van der Waals surface area contributed by atoms with Gasteiger partial charge in [-0.3, -0.25) is 9.59 Å². The lowest BCUT2D eigenvalue weighted by Crippen LogP contribution is -2.44. The van der Waals surface area contributed by atoms with Crippen molar-refractivity contribution in [2.75, 3.05) is 12.4 Å². The second-order valence-corrected chi connectivity index (χ2v) is 4.57. The summed E-state index contributed by atoms with van der Waals surface area (Å²) in [5, 5.41) is 2.75. The molecule has 0 aromatic carbocycles. The van der Waals surface area contributed by atoms with Gasteiger partial charge in [-0.1, -0.05) is 19.3 Å². The molecule has 0 saturated heterocycles. The first-order valence-electron chi connectivity index (χ1n) is 5.44. The highest BCUT2D eigenvalue weighted by Crippen LogP contribution is 2.36. The van der Waals surface area contributed by atoms with Crippen molar-refractivity contribution < 1.29 is 9.59 Å². The van der Waals surface area contributed by atoms with E-state index in [2.05, 4.69) is 5.32 Å². The van der Waals surface area contributed by atoms with Gasteiger partial charge in [-0.25, -0.2) is 0 Å². The van der Waals surface area contributed by atoms with Crippen LogP contribution in [0.25, 0.3) is 0 Å². The van der Waals surface area contributed by atoms with Crippen molar-refractivity contribution in [3.8, 4) is 0 Å². The second kappa shape index (κ2) is 5.50. The Labute approximate surface area is 95.6 Å². The maximum absolute atomic E-state index is 11.8. The number of carbonyl (C=O) groups excluding carboxylic acids is 2. The third kappa shape index (κ3) is 3.20. The van der Waals surface area contributed by atoms with E-state index in [0.717, 1.165) is 25.7 Å². The predicted octanol–water partition coefficient (Wildman–Crippen LogP) is 1.88. The Morgan fingerprint density at radius 1 is 1.27 bits per heavy atom. The first-order chi connectivity index (χ1) is 7.10. The van der Waals surface area contributed by atoms with Crippen LogP contribution in [0.5, 0.6) is 0 Å². The van der Waals surface area contributed by atoms with Crippen LogP contribution < -0.4 is 5.32 Å². The largest absolute Gasteiger partial charge is 0.355 e. The Bertz CT molecular complexity index is 247. The first-order valence-corrected chi connectivity index (χ1v) is 5.98. The summed E-state index contributed by atoms with van der Waals surface area (Å²) in [6.07, 6.45) is 5.01. The summed E-state index contributed by atoms with van der Waals surface area (Å²) < 4.78 is 0. The summed E-state index contributed by atoms with van der Waals surface area (Å²) in [4.78, 5) is 22.7. The van der Waals surface area contributed by atoms with E-state index in [9.17, 15) is 9.59 Å². The van der Waals surface area contributed by atoms with Crippen LogP contribution in [-0.4, -0.2) is 24.1 Å². The Balaban J connectivity index is 2.66. The number of hydrogen-bond donors (Lipinski definition) is 1. The van der Waals surface area contributed by atoms with E-state index in [4.69, 9.17) is 11.6 Å². The topological polar surface area (TPSA) is 46.2 Å². The van der Waals surface area contributed by atoms with Crippen molar-refractivity contribution in [1.82, 2.24) is 5.32 Å². The van der Waals surface area contributed by atoms with Crippen molar-refractivity contribution in [1.29, 1.82) is 0 Å². The molecule has 1 amide bonds. The molecule has 1 N–H and O–H groups in total. The quantitative estimate of drug-likeness (QED) is 0.751. The van der Waals surface area contributed by atoms with E-state index in [-0.39, 0.29) is 23.0 Å². The van der Waals surface area contributed by atoms with Crippen LogP contribution in [0.4, 0.5) is 0 Å². The standard InChI is InChI=1S/C11H18ClNO2/c1-9(14)13-8-11(10(15)7-12)5-3-2-4-6-11/h2-8H2,1H3,(H,13,14). The molecule has 1 aliphatic rings. The van der Waals surface area contributed by atoms with Gasteiger partial charge in [0, 0.05) is 18.9 Å². The minimum atomic E-state index is -0.383. The molecular formula is C11H18ClNO2. The van der Waals surface area contributed by atoms with Crippen LogP contribution in [-0.2, 0) is 9.59 Å². The van der Waals surface area contributed by atoms with Gasteiger partial charge in [-0.05, 0) is 12.8 Å². The fourth-order valence-electron chi connectivity index (χ4n) is 2.22. The zero-order chi connectivity index (χ0) is 11.3. The number of Topliss-reactive ketones (excluding diaryl/α,β-unsaturated/α-hetero) is 1. The van der Waals surface area contributed by atoms with Crippen LogP contribution in [0.1, 0.15) is 39.0 Å². The SMILES string of the molecule is CC(=O)NCC1(C(=O)CCl)CCCCC1. The van der Waals surface area contributed by atoms with Gasteiger partial charge in [-0.2, -0.15) is 0 Å². The highest BCUT2D eigenvalue weighted by molar-refractivity contribution is 6.28. The summed E-state index contributed by atoms with van der Waals surface area (Å²) in [5.41, 5.74) is -0.383. The predicted molar refractivity (Wildman–Crippen MR) is 59.9 cm³/mol. The number of carbonyl (C=O) groups is 2. The van der Waals surface area contributed by atoms with Crippen molar-refractivity contribution in [3.63, 3.8) is 0 Å². The van der Waals surface area contributed by atoms with Crippen LogP contribution in [0, 0.1) is 5.41 Å². The molecule has 3 nitrogen and oxygen atoms in total. The molecule has 0 aromatic heterocycles.